The van der Waals surface area contributed by atoms with E-state index in [0.29, 0.717) is 0 Å². The first-order valence-electron chi connectivity index (χ1n) is 4.23. The first kappa shape index (κ1) is 8.02. The molecule has 0 aromatic carbocycles. The van der Waals surface area contributed by atoms with Gasteiger partial charge in [-0.2, -0.15) is 0 Å². The Hall–Kier alpha value is -0.0800. The largest absolute Gasteiger partial charge is 0.320 e. The smallest absolute Gasteiger partial charge is 0.00790 e. The van der Waals surface area contributed by atoms with Crippen LogP contribution in [0.2, 0.25) is 0 Å². The third-order valence-electron chi connectivity index (χ3n) is 2.33. The van der Waals surface area contributed by atoms with Gasteiger partial charge >= 0.3 is 0 Å². The molecule has 1 fully saturated rings. The lowest BCUT2D eigenvalue weighted by molar-refractivity contribution is 0.122. The van der Waals surface area contributed by atoms with E-state index >= 15 is 0 Å². The molecule has 0 amide bonds. The van der Waals surface area contributed by atoms with E-state index in [4.69, 9.17) is 0 Å². The Morgan fingerprint density at radius 1 is 1.50 bits per heavy atom. The van der Waals surface area contributed by atoms with Gasteiger partial charge in [0.2, 0.25) is 0 Å². The van der Waals surface area contributed by atoms with Crippen molar-refractivity contribution in [1.82, 2.24) is 10.2 Å². The summed E-state index contributed by atoms with van der Waals surface area (Å²) >= 11 is 0. The Labute approximate surface area is 63.6 Å². The Kier molecular flexibility index (Phi) is 3.16. The average molecular weight is 142 g/mol. The standard InChI is InChI=1S/C8H18N2/c1-8(4-5-9-2)10-6-3-7-10/h8-9H,3-7H2,1-2H3. The fraction of sp³-hybridized carbons (Fsp3) is 1.00. The second-order valence-corrected chi connectivity index (χ2v) is 3.13. The van der Waals surface area contributed by atoms with Gasteiger partial charge in [-0.15, -0.1) is 0 Å². The van der Waals surface area contributed by atoms with Crippen LogP contribution >= 0.6 is 0 Å². The number of nitrogens with zero attached hydrogens (tertiary/aromatic N) is 1. The Morgan fingerprint density at radius 3 is 2.60 bits per heavy atom. The van der Waals surface area contributed by atoms with Gasteiger partial charge in [0.05, 0.1) is 0 Å². The van der Waals surface area contributed by atoms with Crippen LogP contribution in [-0.2, 0) is 0 Å². The van der Waals surface area contributed by atoms with E-state index in [-0.39, 0.29) is 0 Å². The Balaban J connectivity index is 2.02. The van der Waals surface area contributed by atoms with Crippen molar-refractivity contribution in [2.24, 2.45) is 0 Å². The quantitative estimate of drug-likeness (QED) is 0.621. The van der Waals surface area contributed by atoms with Crippen molar-refractivity contribution in [2.45, 2.75) is 25.8 Å². The van der Waals surface area contributed by atoms with Gasteiger partial charge in [0, 0.05) is 6.04 Å². The molecule has 0 aromatic heterocycles. The molecule has 1 unspecified atom stereocenters. The van der Waals surface area contributed by atoms with Gasteiger partial charge in [0.25, 0.3) is 0 Å². The van der Waals surface area contributed by atoms with E-state index in [9.17, 15) is 0 Å². The van der Waals surface area contributed by atoms with Crippen molar-refractivity contribution in [1.29, 1.82) is 0 Å². The van der Waals surface area contributed by atoms with Crippen molar-refractivity contribution in [3.63, 3.8) is 0 Å². The van der Waals surface area contributed by atoms with Crippen LogP contribution in [0.5, 0.6) is 0 Å². The maximum atomic E-state index is 3.17. The second-order valence-electron chi connectivity index (χ2n) is 3.13. The molecular formula is C8H18N2. The maximum absolute atomic E-state index is 3.17. The highest BCUT2D eigenvalue weighted by Crippen LogP contribution is 2.12. The van der Waals surface area contributed by atoms with Crippen LogP contribution in [0.25, 0.3) is 0 Å². The van der Waals surface area contributed by atoms with Gasteiger partial charge < -0.3 is 10.2 Å². The van der Waals surface area contributed by atoms with Gasteiger partial charge in [-0.05, 0) is 46.4 Å². The Morgan fingerprint density at radius 2 is 2.20 bits per heavy atom. The van der Waals surface area contributed by atoms with Crippen molar-refractivity contribution in [2.75, 3.05) is 26.7 Å². The van der Waals surface area contributed by atoms with E-state index < -0.39 is 0 Å². The van der Waals surface area contributed by atoms with E-state index in [1.807, 2.05) is 7.05 Å². The second kappa shape index (κ2) is 3.94. The minimum absolute atomic E-state index is 0.793. The summed E-state index contributed by atoms with van der Waals surface area (Å²) in [7, 11) is 2.02. The van der Waals surface area contributed by atoms with Crippen molar-refractivity contribution < 1.29 is 0 Å². The molecule has 10 heavy (non-hydrogen) atoms. The lowest BCUT2D eigenvalue weighted by Gasteiger charge is -2.36. The van der Waals surface area contributed by atoms with Crippen LogP contribution < -0.4 is 5.32 Å². The van der Waals surface area contributed by atoms with E-state index in [1.165, 1.54) is 25.9 Å². The zero-order chi connectivity index (χ0) is 7.40. The van der Waals surface area contributed by atoms with Gasteiger partial charge in [0.1, 0.15) is 0 Å². The summed E-state index contributed by atoms with van der Waals surface area (Å²) in [6.45, 7) is 6.12. The topological polar surface area (TPSA) is 15.3 Å². The molecule has 1 saturated heterocycles. The van der Waals surface area contributed by atoms with E-state index in [1.54, 1.807) is 0 Å². The number of likely N-dealkylation sites (tertiary alicyclic amines) is 1. The molecule has 1 heterocycles. The molecule has 2 heteroatoms. The van der Waals surface area contributed by atoms with Gasteiger partial charge in [0.15, 0.2) is 0 Å². The Bertz CT molecular complexity index is 89.3. The zero-order valence-corrected chi connectivity index (χ0v) is 7.06. The summed E-state index contributed by atoms with van der Waals surface area (Å²) in [5.74, 6) is 0. The summed E-state index contributed by atoms with van der Waals surface area (Å²) in [6, 6.07) is 0.793. The first-order chi connectivity index (χ1) is 4.84. The highest BCUT2D eigenvalue weighted by atomic mass is 15.2. The molecule has 0 spiro atoms. The predicted molar refractivity (Wildman–Crippen MR) is 44.2 cm³/mol. The molecule has 0 saturated carbocycles. The monoisotopic (exact) mass is 142 g/mol. The zero-order valence-electron chi connectivity index (χ0n) is 7.06. The molecule has 0 bridgehead atoms. The average Bonchev–Trinajstić information content (AvgIpc) is 1.79. The molecule has 1 aliphatic rings. The maximum Gasteiger partial charge on any atom is 0.00790 e. The summed E-state index contributed by atoms with van der Waals surface area (Å²) in [4.78, 5) is 2.54. The number of rotatable bonds is 4. The molecule has 0 aliphatic carbocycles. The number of nitrogens with one attached hydrogen (secondary N) is 1. The molecule has 0 radical (unpaired) electrons. The predicted octanol–water partition coefficient (Wildman–Crippen LogP) is 0.690. The van der Waals surface area contributed by atoms with Gasteiger partial charge in [-0.1, -0.05) is 0 Å². The lowest BCUT2D eigenvalue weighted by atomic mass is 10.1. The molecule has 1 aliphatic heterocycles. The van der Waals surface area contributed by atoms with E-state index in [0.717, 1.165) is 12.6 Å². The van der Waals surface area contributed by atoms with Crippen molar-refractivity contribution in [3.8, 4) is 0 Å². The highest BCUT2D eigenvalue weighted by molar-refractivity contribution is 4.75. The highest BCUT2D eigenvalue weighted by Gasteiger charge is 2.18. The SMILES string of the molecule is CNCCC(C)N1CCC1. The molecule has 60 valence electrons. The third-order valence-corrected chi connectivity index (χ3v) is 2.33. The first-order valence-corrected chi connectivity index (χ1v) is 4.23. The molecule has 1 atom stereocenters. The summed E-state index contributed by atoms with van der Waals surface area (Å²) in [5.41, 5.74) is 0. The molecule has 2 nitrogen and oxygen atoms in total. The lowest BCUT2D eigenvalue weighted by Crippen LogP contribution is -2.44. The van der Waals surface area contributed by atoms with E-state index in [2.05, 4.69) is 17.1 Å². The summed E-state index contributed by atoms with van der Waals surface area (Å²) in [6.07, 6.45) is 2.69. The fourth-order valence-corrected chi connectivity index (χ4v) is 1.32. The molecule has 0 aromatic rings. The van der Waals surface area contributed by atoms with Crippen LogP contribution in [0, 0.1) is 0 Å². The van der Waals surface area contributed by atoms with Crippen LogP contribution in [0.3, 0.4) is 0 Å². The normalized spacial score (nSPS) is 22.2. The van der Waals surface area contributed by atoms with Crippen LogP contribution in [0.1, 0.15) is 19.8 Å². The summed E-state index contributed by atoms with van der Waals surface area (Å²) in [5, 5.41) is 3.17. The third kappa shape index (κ3) is 1.96. The molecule has 1 rings (SSSR count). The number of hydrogen-bond acceptors (Lipinski definition) is 2. The van der Waals surface area contributed by atoms with Gasteiger partial charge in [-0.25, -0.2) is 0 Å². The minimum Gasteiger partial charge on any atom is -0.320 e. The number of hydrogen-bond donors (Lipinski definition) is 1. The molecular weight excluding hydrogens is 124 g/mol. The van der Waals surface area contributed by atoms with Crippen molar-refractivity contribution >= 4 is 0 Å². The van der Waals surface area contributed by atoms with Crippen LogP contribution in [0.15, 0.2) is 0 Å². The van der Waals surface area contributed by atoms with Crippen molar-refractivity contribution in [3.05, 3.63) is 0 Å². The molecule has 1 N–H and O–H groups in total. The minimum atomic E-state index is 0.793. The van der Waals surface area contributed by atoms with Crippen LogP contribution in [0.4, 0.5) is 0 Å². The van der Waals surface area contributed by atoms with Gasteiger partial charge in [-0.3, -0.25) is 0 Å². The summed E-state index contributed by atoms with van der Waals surface area (Å²) < 4.78 is 0. The van der Waals surface area contributed by atoms with Crippen LogP contribution in [-0.4, -0.2) is 37.6 Å². The fourth-order valence-electron chi connectivity index (χ4n) is 1.32.